The van der Waals surface area contributed by atoms with Gasteiger partial charge in [0.15, 0.2) is 12.4 Å². The van der Waals surface area contributed by atoms with E-state index in [1.807, 2.05) is 67.8 Å². The van der Waals surface area contributed by atoms with Crippen LogP contribution >= 0.6 is 0 Å². The maximum atomic E-state index is 12.2. The zero-order valence-corrected chi connectivity index (χ0v) is 17.4. The van der Waals surface area contributed by atoms with Crippen molar-refractivity contribution in [3.8, 4) is 5.75 Å². The third kappa shape index (κ3) is 4.83. The highest BCUT2D eigenvalue weighted by Gasteiger charge is 2.18. The molecule has 0 bridgehead atoms. The molecule has 29 heavy (non-hydrogen) atoms. The average Bonchev–Trinajstić information content (AvgIpc) is 3.06. The van der Waals surface area contributed by atoms with Gasteiger partial charge in [-0.1, -0.05) is 24.3 Å². The number of rotatable bonds is 8. The van der Waals surface area contributed by atoms with Gasteiger partial charge in [0.2, 0.25) is 0 Å². The van der Waals surface area contributed by atoms with Crippen LogP contribution in [0.5, 0.6) is 5.75 Å². The fourth-order valence-corrected chi connectivity index (χ4v) is 3.26. The molecule has 0 aliphatic heterocycles. The first-order valence-electron chi connectivity index (χ1n) is 9.80. The topological polar surface area (TPSA) is 73.2 Å². The van der Waals surface area contributed by atoms with Crippen LogP contribution in [0.25, 0.3) is 11.0 Å². The molecule has 0 aliphatic carbocycles. The van der Waals surface area contributed by atoms with E-state index < -0.39 is 0 Å². The summed E-state index contributed by atoms with van der Waals surface area (Å²) in [5.41, 5.74) is 3.86. The standard InChI is InChI=1S/C23H27N3O3/c1-15-9-10-16(2)21(13-15)29-14-23(28)24-12-11-22-25-19-7-5-6-8-20(19)26(22)17(3)18(4)27/h5-10,13,17H,11-12,14H2,1-4H3,(H,24,28). The first-order valence-corrected chi connectivity index (χ1v) is 9.80. The summed E-state index contributed by atoms with van der Waals surface area (Å²) in [5.74, 6) is 1.38. The summed E-state index contributed by atoms with van der Waals surface area (Å²) in [7, 11) is 0. The fourth-order valence-electron chi connectivity index (χ4n) is 3.26. The third-order valence-corrected chi connectivity index (χ3v) is 5.02. The maximum Gasteiger partial charge on any atom is 0.257 e. The van der Waals surface area contributed by atoms with E-state index in [4.69, 9.17) is 4.74 Å². The zero-order chi connectivity index (χ0) is 21.0. The normalized spacial score (nSPS) is 12.0. The van der Waals surface area contributed by atoms with Crippen molar-refractivity contribution in [3.63, 3.8) is 0 Å². The van der Waals surface area contributed by atoms with Gasteiger partial charge in [-0.15, -0.1) is 0 Å². The van der Waals surface area contributed by atoms with Crippen molar-refractivity contribution in [2.24, 2.45) is 0 Å². The molecule has 0 saturated carbocycles. The Hall–Kier alpha value is -3.15. The molecule has 1 atom stereocenters. The highest BCUT2D eigenvalue weighted by atomic mass is 16.5. The zero-order valence-electron chi connectivity index (χ0n) is 17.4. The number of benzene rings is 2. The van der Waals surface area contributed by atoms with E-state index >= 15 is 0 Å². The van der Waals surface area contributed by atoms with E-state index in [-0.39, 0.29) is 24.3 Å². The van der Waals surface area contributed by atoms with E-state index in [1.165, 1.54) is 0 Å². The van der Waals surface area contributed by atoms with Crippen molar-refractivity contribution in [2.45, 2.75) is 40.2 Å². The third-order valence-electron chi connectivity index (χ3n) is 5.02. The number of amides is 1. The molecular weight excluding hydrogens is 366 g/mol. The predicted octanol–water partition coefficient (Wildman–Crippen LogP) is 3.54. The first-order chi connectivity index (χ1) is 13.9. The smallest absolute Gasteiger partial charge is 0.257 e. The molecule has 1 amide bonds. The molecule has 0 aliphatic rings. The lowest BCUT2D eigenvalue weighted by atomic mass is 10.1. The molecular formula is C23H27N3O3. The molecule has 1 aromatic heterocycles. The number of aromatic nitrogens is 2. The number of imidazole rings is 1. The van der Waals surface area contributed by atoms with E-state index in [0.29, 0.717) is 13.0 Å². The quantitative estimate of drug-likeness (QED) is 0.635. The van der Waals surface area contributed by atoms with Gasteiger partial charge >= 0.3 is 0 Å². The number of Topliss-reactive ketones (excluding diaryl/α,β-unsaturated/α-hetero) is 1. The second kappa shape index (κ2) is 8.90. The monoisotopic (exact) mass is 393 g/mol. The molecule has 0 radical (unpaired) electrons. The van der Waals surface area contributed by atoms with Crippen LogP contribution in [-0.4, -0.2) is 34.4 Å². The SMILES string of the molecule is CC(=O)C(C)n1c(CCNC(=O)COc2cc(C)ccc2C)nc2ccccc21. The van der Waals surface area contributed by atoms with Crippen LogP contribution in [0, 0.1) is 13.8 Å². The van der Waals surface area contributed by atoms with Gasteiger partial charge in [0.25, 0.3) is 5.91 Å². The summed E-state index contributed by atoms with van der Waals surface area (Å²) < 4.78 is 7.60. The molecule has 1 unspecified atom stereocenters. The van der Waals surface area contributed by atoms with Gasteiger partial charge in [0.1, 0.15) is 11.6 Å². The van der Waals surface area contributed by atoms with Gasteiger partial charge in [0.05, 0.1) is 17.1 Å². The summed E-state index contributed by atoms with van der Waals surface area (Å²) >= 11 is 0. The van der Waals surface area contributed by atoms with Crippen LogP contribution < -0.4 is 10.1 Å². The number of nitrogens with one attached hydrogen (secondary N) is 1. The number of para-hydroxylation sites is 2. The van der Waals surface area contributed by atoms with E-state index in [9.17, 15) is 9.59 Å². The molecule has 1 heterocycles. The Bertz CT molecular complexity index is 1040. The first kappa shape index (κ1) is 20.6. The largest absolute Gasteiger partial charge is 0.483 e. The Balaban J connectivity index is 1.62. The lowest BCUT2D eigenvalue weighted by molar-refractivity contribution is -0.123. The number of aryl methyl sites for hydroxylation is 2. The van der Waals surface area contributed by atoms with Crippen LogP contribution in [0.3, 0.4) is 0 Å². The number of hydrogen-bond acceptors (Lipinski definition) is 4. The number of ketones is 1. The molecule has 2 aromatic carbocycles. The molecule has 6 nitrogen and oxygen atoms in total. The van der Waals surface area contributed by atoms with Gasteiger partial charge in [-0.05, 0) is 57.0 Å². The number of ether oxygens (including phenoxy) is 1. The Kier molecular flexibility index (Phi) is 6.32. The van der Waals surface area contributed by atoms with Crippen molar-refractivity contribution in [1.82, 2.24) is 14.9 Å². The minimum Gasteiger partial charge on any atom is -0.483 e. The number of fused-ring (bicyclic) bond motifs is 1. The Labute approximate surface area is 170 Å². The van der Waals surface area contributed by atoms with Crippen molar-refractivity contribution in [2.75, 3.05) is 13.2 Å². The van der Waals surface area contributed by atoms with Crippen molar-refractivity contribution < 1.29 is 14.3 Å². The van der Waals surface area contributed by atoms with Crippen LogP contribution in [0.15, 0.2) is 42.5 Å². The van der Waals surface area contributed by atoms with Gasteiger partial charge in [-0.25, -0.2) is 4.98 Å². The van der Waals surface area contributed by atoms with Crippen LogP contribution in [0.4, 0.5) is 0 Å². The van der Waals surface area contributed by atoms with Crippen LogP contribution in [0.2, 0.25) is 0 Å². The van der Waals surface area contributed by atoms with Crippen LogP contribution in [0.1, 0.15) is 36.8 Å². The van der Waals surface area contributed by atoms with Gasteiger partial charge in [0, 0.05) is 13.0 Å². The lowest BCUT2D eigenvalue weighted by Crippen LogP contribution is -2.31. The second-order valence-electron chi connectivity index (χ2n) is 7.33. The Morgan fingerprint density at radius 3 is 2.69 bits per heavy atom. The minimum absolute atomic E-state index is 0.0371. The summed E-state index contributed by atoms with van der Waals surface area (Å²) in [4.78, 5) is 28.8. The number of hydrogen-bond donors (Lipinski definition) is 1. The molecule has 0 saturated heterocycles. The molecule has 0 fully saturated rings. The summed E-state index contributed by atoms with van der Waals surface area (Å²) in [5, 5.41) is 2.87. The number of carbonyl (C=O) groups is 2. The fraction of sp³-hybridized carbons (Fsp3) is 0.348. The molecule has 3 aromatic rings. The van der Waals surface area contributed by atoms with E-state index in [2.05, 4.69) is 10.3 Å². The van der Waals surface area contributed by atoms with Gasteiger partial charge < -0.3 is 14.6 Å². The van der Waals surface area contributed by atoms with Crippen molar-refractivity contribution in [1.29, 1.82) is 0 Å². The summed E-state index contributed by atoms with van der Waals surface area (Å²) in [6, 6.07) is 13.4. The van der Waals surface area contributed by atoms with E-state index in [1.54, 1.807) is 6.92 Å². The Morgan fingerprint density at radius 2 is 1.93 bits per heavy atom. The molecule has 152 valence electrons. The second-order valence-corrected chi connectivity index (χ2v) is 7.33. The lowest BCUT2D eigenvalue weighted by Gasteiger charge is -2.15. The number of carbonyl (C=O) groups excluding carboxylic acids is 2. The van der Waals surface area contributed by atoms with E-state index in [0.717, 1.165) is 33.7 Å². The maximum absolute atomic E-state index is 12.2. The summed E-state index contributed by atoms with van der Waals surface area (Å²) in [6.45, 7) is 7.77. The Morgan fingerprint density at radius 1 is 1.17 bits per heavy atom. The molecule has 0 spiro atoms. The minimum atomic E-state index is -0.305. The van der Waals surface area contributed by atoms with Crippen molar-refractivity contribution in [3.05, 3.63) is 59.4 Å². The number of nitrogens with zero attached hydrogens (tertiary/aromatic N) is 2. The summed E-state index contributed by atoms with van der Waals surface area (Å²) in [6.07, 6.45) is 0.529. The molecule has 3 rings (SSSR count). The highest BCUT2D eigenvalue weighted by Crippen LogP contribution is 2.22. The molecule has 1 N–H and O–H groups in total. The van der Waals surface area contributed by atoms with Gasteiger partial charge in [-0.3, -0.25) is 9.59 Å². The highest BCUT2D eigenvalue weighted by molar-refractivity contribution is 5.84. The van der Waals surface area contributed by atoms with Crippen molar-refractivity contribution >= 4 is 22.7 Å². The average molecular weight is 393 g/mol. The predicted molar refractivity (Wildman–Crippen MR) is 113 cm³/mol. The van der Waals surface area contributed by atoms with Gasteiger partial charge in [-0.2, -0.15) is 0 Å². The molecule has 6 heteroatoms. The van der Waals surface area contributed by atoms with Crippen LogP contribution in [-0.2, 0) is 16.0 Å².